The predicted molar refractivity (Wildman–Crippen MR) is 107 cm³/mol. The minimum Gasteiger partial charge on any atom is -0.481 e. The Balaban J connectivity index is 1.65. The summed E-state index contributed by atoms with van der Waals surface area (Å²) >= 11 is 0. The molecule has 1 aliphatic heterocycles. The first-order valence-electron chi connectivity index (χ1n) is 9.80. The van der Waals surface area contributed by atoms with Gasteiger partial charge in [-0.05, 0) is 43.4 Å². The second-order valence-corrected chi connectivity index (χ2v) is 7.20. The normalized spacial score (nSPS) is 17.1. The summed E-state index contributed by atoms with van der Waals surface area (Å²) in [6.45, 7) is 5.94. The van der Waals surface area contributed by atoms with Gasteiger partial charge in [0.05, 0.1) is 0 Å². The SMILES string of the molecule is CCc1ccccc1O[C@@H](C)C(=O)NCC1(c2ccccc2)CCOCC1. The molecule has 1 saturated heterocycles. The summed E-state index contributed by atoms with van der Waals surface area (Å²) in [6.07, 6.45) is 2.16. The highest BCUT2D eigenvalue weighted by molar-refractivity contribution is 5.80. The van der Waals surface area contributed by atoms with Crippen LogP contribution in [0.2, 0.25) is 0 Å². The molecule has 3 rings (SSSR count). The van der Waals surface area contributed by atoms with Gasteiger partial charge < -0.3 is 14.8 Å². The number of rotatable bonds is 7. The van der Waals surface area contributed by atoms with E-state index in [1.165, 1.54) is 5.56 Å². The van der Waals surface area contributed by atoms with Crippen molar-refractivity contribution in [1.29, 1.82) is 0 Å². The van der Waals surface area contributed by atoms with Crippen LogP contribution >= 0.6 is 0 Å². The summed E-state index contributed by atoms with van der Waals surface area (Å²) in [4.78, 5) is 12.7. The number of para-hydroxylation sites is 1. The third kappa shape index (κ3) is 4.69. The molecule has 4 nitrogen and oxygen atoms in total. The number of hydrogen-bond acceptors (Lipinski definition) is 3. The van der Waals surface area contributed by atoms with Crippen LogP contribution in [0.25, 0.3) is 0 Å². The van der Waals surface area contributed by atoms with Crippen LogP contribution in [0.15, 0.2) is 54.6 Å². The number of carbonyl (C=O) groups excluding carboxylic acids is 1. The number of aryl methyl sites for hydroxylation is 1. The van der Waals surface area contributed by atoms with Gasteiger partial charge in [0, 0.05) is 25.2 Å². The average Bonchev–Trinajstić information content (AvgIpc) is 2.73. The van der Waals surface area contributed by atoms with Crippen LogP contribution in [0.5, 0.6) is 5.75 Å². The maximum atomic E-state index is 12.7. The van der Waals surface area contributed by atoms with Gasteiger partial charge in [-0.1, -0.05) is 55.5 Å². The summed E-state index contributed by atoms with van der Waals surface area (Å²) in [6, 6.07) is 18.3. The van der Waals surface area contributed by atoms with Crippen molar-refractivity contribution in [2.75, 3.05) is 19.8 Å². The van der Waals surface area contributed by atoms with Crippen molar-refractivity contribution in [3.8, 4) is 5.75 Å². The standard InChI is InChI=1S/C23H29NO3/c1-3-19-9-7-8-12-21(19)27-18(2)22(25)24-17-23(13-15-26-16-14-23)20-10-5-4-6-11-20/h4-12,18H,3,13-17H2,1-2H3,(H,24,25)/t18-/m0/s1. The van der Waals surface area contributed by atoms with Gasteiger partial charge in [-0.3, -0.25) is 4.79 Å². The lowest BCUT2D eigenvalue weighted by atomic mass is 9.74. The number of ether oxygens (including phenoxy) is 2. The van der Waals surface area contributed by atoms with Crippen molar-refractivity contribution in [3.05, 3.63) is 65.7 Å². The van der Waals surface area contributed by atoms with Crippen LogP contribution < -0.4 is 10.1 Å². The molecule has 0 radical (unpaired) electrons. The second kappa shape index (κ2) is 9.05. The zero-order chi connectivity index (χ0) is 19.1. The summed E-state index contributed by atoms with van der Waals surface area (Å²) in [5, 5.41) is 3.13. The number of carbonyl (C=O) groups is 1. The Morgan fingerprint density at radius 1 is 1.11 bits per heavy atom. The molecule has 144 valence electrons. The topological polar surface area (TPSA) is 47.6 Å². The summed E-state index contributed by atoms with van der Waals surface area (Å²) in [5.74, 6) is 0.703. The van der Waals surface area contributed by atoms with Crippen LogP contribution in [0.4, 0.5) is 0 Å². The Bertz CT molecular complexity index is 738. The molecular weight excluding hydrogens is 338 g/mol. The molecule has 1 atom stereocenters. The van der Waals surface area contributed by atoms with Crippen molar-refractivity contribution in [2.45, 2.75) is 44.6 Å². The Labute approximate surface area is 161 Å². The van der Waals surface area contributed by atoms with Crippen molar-refractivity contribution in [3.63, 3.8) is 0 Å². The van der Waals surface area contributed by atoms with Gasteiger partial charge in [0.1, 0.15) is 5.75 Å². The molecule has 1 N–H and O–H groups in total. The van der Waals surface area contributed by atoms with Crippen LogP contribution in [-0.2, 0) is 21.4 Å². The van der Waals surface area contributed by atoms with E-state index in [0.717, 1.165) is 43.8 Å². The Morgan fingerprint density at radius 2 is 1.78 bits per heavy atom. The van der Waals surface area contributed by atoms with E-state index >= 15 is 0 Å². The van der Waals surface area contributed by atoms with E-state index in [0.29, 0.717) is 6.54 Å². The highest BCUT2D eigenvalue weighted by Gasteiger charge is 2.35. The van der Waals surface area contributed by atoms with Gasteiger partial charge in [-0.15, -0.1) is 0 Å². The molecule has 1 amide bonds. The van der Waals surface area contributed by atoms with E-state index in [4.69, 9.17) is 9.47 Å². The van der Waals surface area contributed by atoms with E-state index in [1.807, 2.05) is 30.3 Å². The van der Waals surface area contributed by atoms with Crippen molar-refractivity contribution >= 4 is 5.91 Å². The van der Waals surface area contributed by atoms with Gasteiger partial charge in [0.2, 0.25) is 0 Å². The van der Waals surface area contributed by atoms with Crippen LogP contribution in [0, 0.1) is 0 Å². The van der Waals surface area contributed by atoms with E-state index in [1.54, 1.807) is 6.92 Å². The van der Waals surface area contributed by atoms with Crippen molar-refractivity contribution < 1.29 is 14.3 Å². The second-order valence-electron chi connectivity index (χ2n) is 7.20. The summed E-state index contributed by atoms with van der Waals surface area (Å²) in [7, 11) is 0. The third-order valence-corrected chi connectivity index (χ3v) is 5.46. The first-order valence-corrected chi connectivity index (χ1v) is 9.80. The summed E-state index contributed by atoms with van der Waals surface area (Å²) < 4.78 is 11.5. The molecular formula is C23H29NO3. The molecule has 2 aromatic carbocycles. The first-order chi connectivity index (χ1) is 13.1. The van der Waals surface area contributed by atoms with Crippen molar-refractivity contribution in [2.24, 2.45) is 0 Å². The highest BCUT2D eigenvalue weighted by Crippen LogP contribution is 2.34. The lowest BCUT2D eigenvalue weighted by Crippen LogP contribution is -2.47. The van der Waals surface area contributed by atoms with Crippen molar-refractivity contribution in [1.82, 2.24) is 5.32 Å². The summed E-state index contributed by atoms with van der Waals surface area (Å²) in [5.41, 5.74) is 2.30. The maximum Gasteiger partial charge on any atom is 0.260 e. The monoisotopic (exact) mass is 367 g/mol. The molecule has 1 aliphatic rings. The number of hydrogen-bond donors (Lipinski definition) is 1. The van der Waals surface area contributed by atoms with Crippen LogP contribution in [0.1, 0.15) is 37.8 Å². The molecule has 27 heavy (non-hydrogen) atoms. The fourth-order valence-electron chi connectivity index (χ4n) is 3.68. The lowest BCUT2D eigenvalue weighted by Gasteiger charge is -2.38. The first kappa shape index (κ1) is 19.4. The van der Waals surface area contributed by atoms with Gasteiger partial charge in [-0.2, -0.15) is 0 Å². The van der Waals surface area contributed by atoms with E-state index in [-0.39, 0.29) is 11.3 Å². The van der Waals surface area contributed by atoms with Gasteiger partial charge in [-0.25, -0.2) is 0 Å². The van der Waals surface area contributed by atoms with Gasteiger partial charge >= 0.3 is 0 Å². The van der Waals surface area contributed by atoms with Gasteiger partial charge in [0.15, 0.2) is 6.10 Å². The molecule has 0 aliphatic carbocycles. The number of benzene rings is 2. The molecule has 0 bridgehead atoms. The minimum atomic E-state index is -0.537. The smallest absolute Gasteiger partial charge is 0.260 e. The molecule has 4 heteroatoms. The predicted octanol–water partition coefficient (Wildman–Crippen LogP) is 3.88. The van der Waals surface area contributed by atoms with Crippen LogP contribution in [0.3, 0.4) is 0 Å². The Hall–Kier alpha value is -2.33. The molecule has 1 heterocycles. The molecule has 1 fully saturated rings. The zero-order valence-electron chi connectivity index (χ0n) is 16.2. The van der Waals surface area contributed by atoms with E-state index in [9.17, 15) is 4.79 Å². The van der Waals surface area contributed by atoms with Gasteiger partial charge in [0.25, 0.3) is 5.91 Å². The molecule has 0 aromatic heterocycles. The largest absolute Gasteiger partial charge is 0.481 e. The molecule has 0 spiro atoms. The highest BCUT2D eigenvalue weighted by atomic mass is 16.5. The quantitative estimate of drug-likeness (QED) is 0.808. The minimum absolute atomic E-state index is 0.0732. The fraction of sp³-hybridized carbons (Fsp3) is 0.435. The van der Waals surface area contributed by atoms with E-state index in [2.05, 4.69) is 36.5 Å². The zero-order valence-corrected chi connectivity index (χ0v) is 16.2. The fourth-order valence-corrected chi connectivity index (χ4v) is 3.68. The molecule has 0 unspecified atom stereocenters. The molecule has 0 saturated carbocycles. The Kier molecular flexibility index (Phi) is 6.51. The lowest BCUT2D eigenvalue weighted by molar-refractivity contribution is -0.127. The number of amides is 1. The maximum absolute atomic E-state index is 12.7. The third-order valence-electron chi connectivity index (χ3n) is 5.46. The Morgan fingerprint density at radius 3 is 2.48 bits per heavy atom. The average molecular weight is 367 g/mol. The van der Waals surface area contributed by atoms with E-state index < -0.39 is 6.10 Å². The molecule has 2 aromatic rings. The number of nitrogens with one attached hydrogen (secondary N) is 1. The van der Waals surface area contributed by atoms with Crippen LogP contribution in [-0.4, -0.2) is 31.8 Å².